The minimum Gasteiger partial charge on any atom is -0.289 e. The quantitative estimate of drug-likeness (QED) is 0.729. The summed E-state index contributed by atoms with van der Waals surface area (Å²) in [6, 6.07) is 9.14. The number of allylic oxidation sites excluding steroid dienone is 4. The van der Waals surface area contributed by atoms with Crippen LogP contribution in [0.3, 0.4) is 0 Å². The van der Waals surface area contributed by atoms with Gasteiger partial charge in [0.2, 0.25) is 0 Å². The molecule has 0 N–H and O–H groups in total. The molecular weight excluding hydrogens is 256 g/mol. The topological polar surface area (TPSA) is 34.1 Å². The van der Waals surface area contributed by atoms with Crippen molar-refractivity contribution in [2.24, 2.45) is 0 Å². The summed E-state index contributed by atoms with van der Waals surface area (Å²) in [5.74, 6) is -0.318. The predicted molar refractivity (Wildman–Crippen MR) is 61.4 cm³/mol. The van der Waals surface area contributed by atoms with Crippen LogP contribution in [-0.2, 0) is 9.59 Å². The van der Waals surface area contributed by atoms with E-state index in [1.165, 1.54) is 12.2 Å². The van der Waals surface area contributed by atoms with Crippen molar-refractivity contribution in [3.8, 4) is 0 Å². The lowest BCUT2D eigenvalue weighted by Crippen LogP contribution is -2.10. The van der Waals surface area contributed by atoms with Crippen molar-refractivity contribution >= 4 is 33.1 Å². The van der Waals surface area contributed by atoms with Gasteiger partial charge in [0.05, 0.1) is 4.48 Å². The van der Waals surface area contributed by atoms with E-state index in [0.717, 1.165) is 5.56 Å². The number of ketones is 2. The van der Waals surface area contributed by atoms with Gasteiger partial charge in [0, 0.05) is 5.57 Å². The van der Waals surface area contributed by atoms with Crippen LogP contribution in [0, 0.1) is 0 Å². The fourth-order valence-corrected chi connectivity index (χ4v) is 1.97. The zero-order chi connectivity index (χ0) is 10.8. The Hall–Kier alpha value is -1.48. The number of carbonyl (C=O) groups excluding carboxylic acids is 2. The number of halogens is 1. The number of rotatable bonds is 1. The Kier molecular flexibility index (Phi) is 2.64. The minimum atomic E-state index is -0.173. The molecule has 0 fully saturated rings. The van der Waals surface area contributed by atoms with Crippen LogP contribution in [0.4, 0.5) is 0 Å². The molecule has 0 aliphatic heterocycles. The molecule has 15 heavy (non-hydrogen) atoms. The van der Waals surface area contributed by atoms with Crippen molar-refractivity contribution in [2.45, 2.75) is 0 Å². The van der Waals surface area contributed by atoms with Gasteiger partial charge in [-0.05, 0) is 33.6 Å². The van der Waals surface area contributed by atoms with Crippen LogP contribution in [0.25, 0.3) is 5.57 Å². The molecule has 0 radical (unpaired) electrons. The molecule has 0 heterocycles. The average Bonchev–Trinajstić information content (AvgIpc) is 2.26. The second kappa shape index (κ2) is 3.95. The van der Waals surface area contributed by atoms with Gasteiger partial charge in [-0.3, -0.25) is 9.59 Å². The van der Waals surface area contributed by atoms with Gasteiger partial charge in [0.15, 0.2) is 11.6 Å². The molecular formula is C12H7BrO2. The fourth-order valence-electron chi connectivity index (χ4n) is 1.41. The largest absolute Gasteiger partial charge is 0.289 e. The molecule has 2 nitrogen and oxygen atoms in total. The van der Waals surface area contributed by atoms with E-state index in [2.05, 4.69) is 15.9 Å². The SMILES string of the molecule is O=C1C=CC(=O)C(c2ccccc2)=C1Br. The standard InChI is InChI=1S/C12H7BrO2/c13-12-10(15)7-6-9(14)11(12)8-4-2-1-3-5-8/h1-7H. The van der Waals surface area contributed by atoms with E-state index in [1.54, 1.807) is 12.1 Å². The summed E-state index contributed by atoms with van der Waals surface area (Å²) in [5.41, 5.74) is 1.19. The van der Waals surface area contributed by atoms with Crippen LogP contribution >= 0.6 is 15.9 Å². The smallest absolute Gasteiger partial charge is 0.193 e. The van der Waals surface area contributed by atoms with Crippen molar-refractivity contribution in [2.75, 3.05) is 0 Å². The highest BCUT2D eigenvalue weighted by Crippen LogP contribution is 2.27. The first-order valence-electron chi connectivity index (χ1n) is 4.42. The van der Waals surface area contributed by atoms with Crippen molar-refractivity contribution in [1.29, 1.82) is 0 Å². The fraction of sp³-hybridized carbons (Fsp3) is 0. The van der Waals surface area contributed by atoms with Crippen LogP contribution < -0.4 is 0 Å². The highest BCUT2D eigenvalue weighted by atomic mass is 79.9. The first-order valence-corrected chi connectivity index (χ1v) is 5.21. The number of hydrogen-bond donors (Lipinski definition) is 0. The Bertz CT molecular complexity index is 484. The highest BCUT2D eigenvalue weighted by molar-refractivity contribution is 9.12. The lowest BCUT2D eigenvalue weighted by atomic mass is 9.96. The molecule has 1 aromatic carbocycles. The van der Waals surface area contributed by atoms with Gasteiger partial charge in [0.25, 0.3) is 0 Å². The summed E-state index contributed by atoms with van der Waals surface area (Å²) in [6.45, 7) is 0. The van der Waals surface area contributed by atoms with E-state index in [9.17, 15) is 9.59 Å². The van der Waals surface area contributed by atoms with Gasteiger partial charge in [-0.25, -0.2) is 0 Å². The van der Waals surface area contributed by atoms with E-state index < -0.39 is 0 Å². The molecule has 0 aromatic heterocycles. The van der Waals surface area contributed by atoms with Crippen molar-refractivity contribution in [3.63, 3.8) is 0 Å². The summed E-state index contributed by atoms with van der Waals surface area (Å²) in [4.78, 5) is 23.0. The predicted octanol–water partition coefficient (Wildman–Crippen LogP) is 2.50. The molecule has 0 unspecified atom stereocenters. The highest BCUT2D eigenvalue weighted by Gasteiger charge is 2.21. The van der Waals surface area contributed by atoms with Crippen LogP contribution in [-0.4, -0.2) is 11.6 Å². The maximum Gasteiger partial charge on any atom is 0.193 e. The van der Waals surface area contributed by atoms with Crippen LogP contribution in [0.15, 0.2) is 47.0 Å². The van der Waals surface area contributed by atoms with E-state index in [0.29, 0.717) is 10.1 Å². The van der Waals surface area contributed by atoms with Crippen molar-refractivity contribution < 1.29 is 9.59 Å². The number of hydrogen-bond acceptors (Lipinski definition) is 2. The van der Waals surface area contributed by atoms with Crippen molar-refractivity contribution in [3.05, 3.63) is 52.5 Å². The average molecular weight is 263 g/mol. The van der Waals surface area contributed by atoms with E-state index in [-0.39, 0.29) is 11.6 Å². The summed E-state index contributed by atoms with van der Waals surface area (Å²) < 4.78 is 0.334. The molecule has 74 valence electrons. The zero-order valence-electron chi connectivity index (χ0n) is 7.74. The first kappa shape index (κ1) is 10.1. The van der Waals surface area contributed by atoms with Gasteiger partial charge in [0.1, 0.15) is 0 Å². The Balaban J connectivity index is 2.57. The second-order valence-electron chi connectivity index (χ2n) is 3.12. The van der Waals surface area contributed by atoms with Gasteiger partial charge in [-0.1, -0.05) is 30.3 Å². The molecule has 0 bridgehead atoms. The van der Waals surface area contributed by atoms with E-state index >= 15 is 0 Å². The summed E-state index contributed by atoms with van der Waals surface area (Å²) >= 11 is 3.16. The summed E-state index contributed by atoms with van der Waals surface area (Å²) in [5, 5.41) is 0. The monoisotopic (exact) mass is 262 g/mol. The molecule has 1 aliphatic carbocycles. The lowest BCUT2D eigenvalue weighted by Gasteiger charge is -2.09. The molecule has 0 atom stereocenters. The van der Waals surface area contributed by atoms with E-state index in [1.807, 2.05) is 18.2 Å². The maximum atomic E-state index is 11.6. The van der Waals surface area contributed by atoms with Gasteiger partial charge >= 0.3 is 0 Å². The number of carbonyl (C=O) groups is 2. The summed E-state index contributed by atoms with van der Waals surface area (Å²) in [7, 11) is 0. The van der Waals surface area contributed by atoms with Gasteiger partial charge < -0.3 is 0 Å². The molecule has 0 saturated heterocycles. The van der Waals surface area contributed by atoms with Crippen molar-refractivity contribution in [1.82, 2.24) is 0 Å². The Morgan fingerprint density at radius 1 is 0.867 bits per heavy atom. The molecule has 0 spiro atoms. The molecule has 0 saturated carbocycles. The molecule has 1 aliphatic rings. The van der Waals surface area contributed by atoms with Gasteiger partial charge in [-0.2, -0.15) is 0 Å². The molecule has 1 aromatic rings. The van der Waals surface area contributed by atoms with Crippen LogP contribution in [0.2, 0.25) is 0 Å². The Morgan fingerprint density at radius 2 is 1.47 bits per heavy atom. The summed E-state index contributed by atoms with van der Waals surface area (Å²) in [6.07, 6.45) is 2.58. The third kappa shape index (κ3) is 1.83. The minimum absolute atomic E-state index is 0.146. The lowest BCUT2D eigenvalue weighted by molar-refractivity contribution is -0.113. The zero-order valence-corrected chi connectivity index (χ0v) is 9.32. The molecule has 3 heteroatoms. The van der Waals surface area contributed by atoms with E-state index in [4.69, 9.17) is 0 Å². The second-order valence-corrected chi connectivity index (χ2v) is 3.91. The Morgan fingerprint density at radius 3 is 2.13 bits per heavy atom. The first-order chi connectivity index (χ1) is 7.20. The Labute approximate surface area is 95.4 Å². The third-order valence-electron chi connectivity index (χ3n) is 2.13. The molecule has 0 amide bonds. The number of benzene rings is 1. The maximum absolute atomic E-state index is 11.6. The normalized spacial score (nSPS) is 16.1. The van der Waals surface area contributed by atoms with Gasteiger partial charge in [-0.15, -0.1) is 0 Å². The van der Waals surface area contributed by atoms with Crippen LogP contribution in [0.1, 0.15) is 5.56 Å². The van der Waals surface area contributed by atoms with Crippen LogP contribution in [0.5, 0.6) is 0 Å². The third-order valence-corrected chi connectivity index (χ3v) is 2.92. The molecule has 2 rings (SSSR count).